The number of hydrogen-bond acceptors (Lipinski definition) is 2. The summed E-state index contributed by atoms with van der Waals surface area (Å²) in [7, 11) is 0. The molecule has 1 aromatic rings. The van der Waals surface area contributed by atoms with E-state index in [1.54, 1.807) is 28.7 Å². The Morgan fingerprint density at radius 2 is 2.23 bits per heavy atom. The number of aromatic nitrogens is 1. The minimum absolute atomic E-state index is 0.0923. The summed E-state index contributed by atoms with van der Waals surface area (Å²) in [5.41, 5.74) is -1.21. The highest BCUT2D eigenvalue weighted by Crippen LogP contribution is 2.23. The maximum atomic E-state index is 12.3. The molecule has 1 N–H and O–H groups in total. The Morgan fingerprint density at radius 3 is 2.69 bits per heavy atom. The van der Waals surface area contributed by atoms with Crippen LogP contribution in [0.15, 0.2) is 10.9 Å². The summed E-state index contributed by atoms with van der Waals surface area (Å²) in [6, 6.07) is 2.43. The average molecular weight is 296 g/mol. The number of hydrogen-bond donors (Lipinski definition) is 1. The molecule has 0 saturated heterocycles. The van der Waals surface area contributed by atoms with Crippen LogP contribution in [-0.2, 0) is 0 Å². The van der Waals surface area contributed by atoms with Crippen molar-refractivity contribution in [2.24, 2.45) is 0 Å². The number of nitrogens with zero attached hydrogens (tertiary/aromatic N) is 1. The second-order valence-electron chi connectivity index (χ2n) is 2.19. The van der Waals surface area contributed by atoms with Gasteiger partial charge in [-0.25, -0.2) is 8.78 Å². The summed E-state index contributed by atoms with van der Waals surface area (Å²) in [5.74, 6) is 0. The van der Waals surface area contributed by atoms with Crippen molar-refractivity contribution in [2.45, 2.75) is 6.43 Å². The number of alkyl halides is 2. The van der Waals surface area contributed by atoms with E-state index in [2.05, 4.69) is 4.98 Å². The first-order valence-corrected chi connectivity index (χ1v) is 4.25. The lowest BCUT2D eigenvalue weighted by Gasteiger charge is -2.02. The molecule has 1 rings (SSSR count). The summed E-state index contributed by atoms with van der Waals surface area (Å²) >= 11 is 1.60. The molecule has 13 heavy (non-hydrogen) atoms. The van der Waals surface area contributed by atoms with Crippen LogP contribution >= 0.6 is 22.6 Å². The van der Waals surface area contributed by atoms with Gasteiger partial charge in [-0.3, -0.25) is 4.79 Å². The minimum atomic E-state index is -2.73. The third kappa shape index (κ3) is 2.03. The summed E-state index contributed by atoms with van der Waals surface area (Å²) < 4.78 is 24.6. The van der Waals surface area contributed by atoms with E-state index in [9.17, 15) is 13.6 Å². The summed E-state index contributed by atoms with van der Waals surface area (Å²) in [5, 5.41) is 8.48. The molecular formula is C7H3F2IN2O. The first kappa shape index (κ1) is 10.1. The Morgan fingerprint density at radius 1 is 1.62 bits per heavy atom. The Hall–Kier alpha value is -0.970. The smallest absolute Gasteiger partial charge is 0.265 e. The van der Waals surface area contributed by atoms with E-state index >= 15 is 0 Å². The molecule has 0 radical (unpaired) electrons. The van der Waals surface area contributed by atoms with Crippen molar-refractivity contribution in [3.8, 4) is 6.07 Å². The van der Waals surface area contributed by atoms with Crippen LogP contribution in [0.4, 0.5) is 8.78 Å². The van der Waals surface area contributed by atoms with Crippen LogP contribution in [-0.4, -0.2) is 4.98 Å². The van der Waals surface area contributed by atoms with E-state index < -0.39 is 17.5 Å². The van der Waals surface area contributed by atoms with Crippen LogP contribution < -0.4 is 5.56 Å². The summed E-state index contributed by atoms with van der Waals surface area (Å²) in [6.45, 7) is 0. The Balaban J connectivity index is 3.47. The molecule has 0 atom stereocenters. The van der Waals surface area contributed by atoms with Crippen LogP contribution in [0.1, 0.15) is 17.7 Å². The van der Waals surface area contributed by atoms with Gasteiger partial charge in [0.25, 0.3) is 6.43 Å². The molecule has 0 aliphatic carbocycles. The lowest BCUT2D eigenvalue weighted by atomic mass is 10.2. The zero-order chi connectivity index (χ0) is 10.0. The van der Waals surface area contributed by atoms with Crippen molar-refractivity contribution in [3.63, 3.8) is 0 Å². The lowest BCUT2D eigenvalue weighted by molar-refractivity contribution is 0.150. The molecule has 0 aliphatic heterocycles. The van der Waals surface area contributed by atoms with Crippen molar-refractivity contribution in [1.29, 1.82) is 5.26 Å². The third-order valence-corrected chi connectivity index (χ3v) is 2.52. The third-order valence-electron chi connectivity index (χ3n) is 1.35. The monoisotopic (exact) mass is 296 g/mol. The summed E-state index contributed by atoms with van der Waals surface area (Å²) in [6.07, 6.45) is -2.73. The zero-order valence-electron chi connectivity index (χ0n) is 6.14. The van der Waals surface area contributed by atoms with Crippen LogP contribution in [0.3, 0.4) is 0 Å². The number of nitrogens with one attached hydrogen (secondary N) is 1. The largest absolute Gasteiger partial charge is 0.313 e. The first-order chi connectivity index (χ1) is 6.06. The average Bonchev–Trinajstić information content (AvgIpc) is 2.08. The highest BCUT2D eigenvalue weighted by molar-refractivity contribution is 14.1. The van der Waals surface area contributed by atoms with Crippen molar-refractivity contribution in [2.75, 3.05) is 0 Å². The molecule has 3 nitrogen and oxygen atoms in total. The second kappa shape index (κ2) is 3.83. The molecule has 0 aromatic carbocycles. The van der Waals surface area contributed by atoms with Crippen LogP contribution in [0, 0.1) is 14.9 Å². The zero-order valence-corrected chi connectivity index (χ0v) is 8.30. The Labute approximate surface area is 85.5 Å². The normalized spacial score (nSPS) is 10.1. The molecule has 1 aromatic heterocycles. The predicted octanol–water partition coefficient (Wildman–Crippen LogP) is 1.79. The van der Waals surface area contributed by atoms with Gasteiger partial charge in [0.1, 0.15) is 11.8 Å². The molecule has 0 spiro atoms. The van der Waals surface area contributed by atoms with E-state index in [1.165, 1.54) is 0 Å². The van der Waals surface area contributed by atoms with Gasteiger partial charge in [0, 0.05) is 11.6 Å². The number of rotatable bonds is 1. The van der Waals surface area contributed by atoms with E-state index in [0.29, 0.717) is 0 Å². The topological polar surface area (TPSA) is 56.6 Å². The van der Waals surface area contributed by atoms with Gasteiger partial charge in [-0.1, -0.05) is 0 Å². The first-order valence-electron chi connectivity index (χ1n) is 3.17. The number of halogens is 3. The van der Waals surface area contributed by atoms with Crippen molar-refractivity contribution >= 4 is 22.6 Å². The number of nitriles is 1. The van der Waals surface area contributed by atoms with Crippen LogP contribution in [0.5, 0.6) is 0 Å². The van der Waals surface area contributed by atoms with Crippen molar-refractivity contribution < 1.29 is 8.78 Å². The molecular weight excluding hydrogens is 293 g/mol. The van der Waals surface area contributed by atoms with Gasteiger partial charge in [0.05, 0.1) is 3.57 Å². The maximum Gasteiger partial charge on any atom is 0.265 e. The van der Waals surface area contributed by atoms with Gasteiger partial charge >= 0.3 is 0 Å². The fourth-order valence-electron chi connectivity index (χ4n) is 0.799. The molecule has 0 bridgehead atoms. The van der Waals surface area contributed by atoms with E-state index in [1.807, 2.05) is 0 Å². The minimum Gasteiger partial charge on any atom is -0.313 e. The Kier molecular flexibility index (Phi) is 2.98. The molecule has 0 aliphatic rings. The van der Waals surface area contributed by atoms with Gasteiger partial charge in [-0.15, -0.1) is 0 Å². The van der Waals surface area contributed by atoms with Gasteiger partial charge in [-0.2, -0.15) is 5.26 Å². The molecule has 0 saturated carbocycles. The maximum absolute atomic E-state index is 12.3. The van der Waals surface area contributed by atoms with Crippen LogP contribution in [0.2, 0.25) is 0 Å². The number of pyridine rings is 1. The Bertz CT molecular complexity index is 421. The van der Waals surface area contributed by atoms with Crippen molar-refractivity contribution in [1.82, 2.24) is 4.98 Å². The highest BCUT2D eigenvalue weighted by atomic mass is 127. The second-order valence-corrected chi connectivity index (χ2v) is 3.27. The van der Waals surface area contributed by atoms with E-state index in [0.717, 1.165) is 6.07 Å². The predicted molar refractivity (Wildman–Crippen MR) is 49.5 cm³/mol. The molecule has 0 unspecified atom stereocenters. The fourth-order valence-corrected chi connectivity index (χ4v) is 1.45. The van der Waals surface area contributed by atoms with Gasteiger partial charge in [0.15, 0.2) is 0 Å². The highest BCUT2D eigenvalue weighted by Gasteiger charge is 2.15. The number of aromatic amines is 1. The molecule has 0 amide bonds. The quantitative estimate of drug-likeness (QED) is 0.803. The fraction of sp³-hybridized carbons (Fsp3) is 0.143. The summed E-state index contributed by atoms with van der Waals surface area (Å²) in [4.78, 5) is 12.9. The van der Waals surface area contributed by atoms with Crippen LogP contribution in [0.25, 0.3) is 0 Å². The van der Waals surface area contributed by atoms with E-state index in [-0.39, 0.29) is 9.26 Å². The number of H-pyrrole nitrogens is 1. The van der Waals surface area contributed by atoms with Gasteiger partial charge in [-0.05, 0) is 22.6 Å². The molecule has 1 heterocycles. The van der Waals surface area contributed by atoms with Crippen molar-refractivity contribution in [3.05, 3.63) is 31.2 Å². The van der Waals surface area contributed by atoms with Gasteiger partial charge in [0.2, 0.25) is 5.56 Å². The van der Waals surface area contributed by atoms with E-state index in [4.69, 9.17) is 5.26 Å². The lowest BCUT2D eigenvalue weighted by Crippen LogP contribution is -2.11. The molecule has 0 fully saturated rings. The SMILES string of the molecule is N#Cc1[nH]c(=O)cc(C(F)F)c1I. The molecule has 6 heteroatoms. The molecule has 68 valence electrons. The van der Waals surface area contributed by atoms with Gasteiger partial charge < -0.3 is 4.98 Å². The standard InChI is InChI=1S/C7H3F2IN2O/c8-7(9)3-1-5(13)12-4(2-11)6(3)10/h1,7H,(H,12,13).